The van der Waals surface area contributed by atoms with Gasteiger partial charge in [0.25, 0.3) is 0 Å². The maximum atomic E-state index is 13.1. The summed E-state index contributed by atoms with van der Waals surface area (Å²) in [5.74, 6) is 1.81. The third-order valence-corrected chi connectivity index (χ3v) is 10.2. The van der Waals surface area contributed by atoms with Gasteiger partial charge in [-0.15, -0.1) is 12.4 Å². The standard InChI is InChI=1S/C32H30N2O2.ClH/c35-32-17-24-23-8-4-5-9-25(23)33-28(24)30-31(32)14-15-34(18-19-10-11-19)26(32)16-21-12-13-22(29(36-30)27(21)31)20-6-2-1-3-7-20;/h1-9,12-13,19,26,30,33,35H,10-11,14-18H2;1H/t26-,30+,31+,32-;/m1./s1. The molecule has 1 saturated heterocycles. The van der Waals surface area contributed by atoms with E-state index in [1.165, 1.54) is 46.2 Å². The van der Waals surface area contributed by atoms with Crippen molar-refractivity contribution in [3.8, 4) is 16.9 Å². The molecule has 4 aromatic rings. The summed E-state index contributed by atoms with van der Waals surface area (Å²) >= 11 is 0. The highest BCUT2D eigenvalue weighted by atomic mass is 35.5. The van der Waals surface area contributed by atoms with Crippen LogP contribution in [-0.4, -0.2) is 39.7 Å². The summed E-state index contributed by atoms with van der Waals surface area (Å²) in [6, 6.07) is 23.9. The van der Waals surface area contributed by atoms with Gasteiger partial charge >= 0.3 is 0 Å². The second-order valence-electron chi connectivity index (χ2n) is 11.9. The number of para-hydroxylation sites is 1. The molecule has 1 spiro atoms. The summed E-state index contributed by atoms with van der Waals surface area (Å²) in [4.78, 5) is 6.41. The number of hydrogen-bond acceptors (Lipinski definition) is 3. The molecule has 0 unspecified atom stereocenters. The van der Waals surface area contributed by atoms with Crippen molar-refractivity contribution in [2.45, 2.75) is 55.3 Å². The van der Waals surface area contributed by atoms with E-state index in [0.717, 1.165) is 48.7 Å². The summed E-state index contributed by atoms with van der Waals surface area (Å²) in [5, 5.41) is 14.3. The Morgan fingerprint density at radius 2 is 1.81 bits per heavy atom. The summed E-state index contributed by atoms with van der Waals surface area (Å²) in [5.41, 5.74) is 7.31. The van der Waals surface area contributed by atoms with Crippen LogP contribution in [0.3, 0.4) is 0 Å². The monoisotopic (exact) mass is 510 g/mol. The lowest BCUT2D eigenvalue weighted by molar-refractivity contribution is -0.173. The fourth-order valence-electron chi connectivity index (χ4n) is 8.43. The number of ether oxygens (including phenoxy) is 1. The zero-order valence-electron chi connectivity index (χ0n) is 20.7. The number of likely N-dealkylation sites (tertiary alicyclic amines) is 1. The van der Waals surface area contributed by atoms with Crippen LogP contribution in [-0.2, 0) is 18.3 Å². The SMILES string of the molecule is Cl.O[C@@]12Cc3c([nH]c4ccccc34)[C@@H]3Oc4c(-c5ccccc5)ccc5c4[C@@]31CCN(CC1CC1)[C@@H]2C5. The maximum Gasteiger partial charge on any atom is 0.151 e. The number of halogens is 1. The van der Waals surface area contributed by atoms with Crippen LogP contribution in [0.2, 0.25) is 0 Å². The number of rotatable bonds is 3. The van der Waals surface area contributed by atoms with E-state index in [9.17, 15) is 5.11 Å². The maximum absolute atomic E-state index is 13.1. The van der Waals surface area contributed by atoms with Crippen LogP contribution in [0.25, 0.3) is 22.0 Å². The number of nitrogens with zero attached hydrogens (tertiary/aromatic N) is 1. The molecule has 3 aromatic carbocycles. The molecule has 4 nitrogen and oxygen atoms in total. The average Bonchev–Trinajstić information content (AvgIpc) is 3.54. The van der Waals surface area contributed by atoms with Crippen molar-refractivity contribution in [2.75, 3.05) is 13.1 Å². The van der Waals surface area contributed by atoms with Crippen LogP contribution in [0.4, 0.5) is 0 Å². The van der Waals surface area contributed by atoms with Crippen molar-refractivity contribution >= 4 is 23.3 Å². The molecule has 1 saturated carbocycles. The van der Waals surface area contributed by atoms with Gasteiger partial charge in [0.05, 0.1) is 16.7 Å². The van der Waals surface area contributed by atoms with Crippen molar-refractivity contribution in [3.05, 3.63) is 89.1 Å². The smallest absolute Gasteiger partial charge is 0.151 e. The van der Waals surface area contributed by atoms with Gasteiger partial charge in [0.2, 0.25) is 0 Å². The zero-order valence-corrected chi connectivity index (χ0v) is 21.6. The van der Waals surface area contributed by atoms with Gasteiger partial charge in [0.1, 0.15) is 5.75 Å². The molecule has 2 bridgehead atoms. The van der Waals surface area contributed by atoms with Crippen LogP contribution in [0.5, 0.6) is 5.75 Å². The summed E-state index contributed by atoms with van der Waals surface area (Å²) in [7, 11) is 0. The van der Waals surface area contributed by atoms with E-state index in [1.807, 2.05) is 0 Å². The molecule has 3 aliphatic carbocycles. The molecule has 188 valence electrons. The van der Waals surface area contributed by atoms with Crippen LogP contribution in [0.1, 0.15) is 47.8 Å². The van der Waals surface area contributed by atoms with E-state index in [-0.39, 0.29) is 24.6 Å². The van der Waals surface area contributed by atoms with E-state index in [2.05, 4.69) is 76.6 Å². The molecule has 2 N–H and O–H groups in total. The first-order valence-electron chi connectivity index (χ1n) is 13.6. The lowest BCUT2D eigenvalue weighted by Crippen LogP contribution is -2.74. The molecular weight excluding hydrogens is 480 g/mol. The van der Waals surface area contributed by atoms with Crippen LogP contribution >= 0.6 is 12.4 Å². The van der Waals surface area contributed by atoms with Crippen molar-refractivity contribution < 1.29 is 9.84 Å². The Bertz CT molecular complexity index is 1560. The predicted molar refractivity (Wildman–Crippen MR) is 148 cm³/mol. The van der Waals surface area contributed by atoms with Gasteiger partial charge in [-0.25, -0.2) is 0 Å². The van der Waals surface area contributed by atoms with E-state index >= 15 is 0 Å². The third kappa shape index (κ3) is 2.66. The Morgan fingerprint density at radius 1 is 1.00 bits per heavy atom. The van der Waals surface area contributed by atoms with Gasteiger partial charge < -0.3 is 14.8 Å². The molecule has 3 heterocycles. The van der Waals surface area contributed by atoms with Crippen molar-refractivity contribution in [1.29, 1.82) is 0 Å². The largest absolute Gasteiger partial charge is 0.482 e. The molecule has 0 amide bonds. The predicted octanol–water partition coefficient (Wildman–Crippen LogP) is 5.96. The van der Waals surface area contributed by atoms with Crippen LogP contribution < -0.4 is 4.74 Å². The first kappa shape index (κ1) is 22.2. The number of hydrogen-bond donors (Lipinski definition) is 2. The van der Waals surface area contributed by atoms with Crippen molar-refractivity contribution in [2.24, 2.45) is 5.92 Å². The summed E-state index contributed by atoms with van der Waals surface area (Å²) in [6.07, 6.45) is 5.01. The van der Waals surface area contributed by atoms with Gasteiger partial charge in [-0.3, -0.25) is 4.90 Å². The molecule has 9 rings (SSSR count). The molecule has 2 aliphatic heterocycles. The topological polar surface area (TPSA) is 48.5 Å². The number of piperidine rings is 1. The molecular formula is C32H31ClN2O2. The molecule has 37 heavy (non-hydrogen) atoms. The Labute approximate surface area is 223 Å². The van der Waals surface area contributed by atoms with Crippen LogP contribution in [0.15, 0.2) is 66.7 Å². The normalized spacial score (nSPS) is 30.8. The lowest BCUT2D eigenvalue weighted by atomic mass is 9.49. The first-order chi connectivity index (χ1) is 17.7. The Kier molecular flexibility index (Phi) is 4.45. The summed E-state index contributed by atoms with van der Waals surface area (Å²) < 4.78 is 7.10. The second kappa shape index (κ2) is 7.41. The minimum Gasteiger partial charge on any atom is -0.482 e. The Hall–Kier alpha value is -2.79. The number of aromatic amines is 1. The van der Waals surface area contributed by atoms with Gasteiger partial charge in [0, 0.05) is 41.0 Å². The number of H-pyrrole nitrogens is 1. The van der Waals surface area contributed by atoms with Crippen LogP contribution in [0, 0.1) is 5.92 Å². The summed E-state index contributed by atoms with van der Waals surface area (Å²) in [6.45, 7) is 2.16. The number of aromatic nitrogens is 1. The lowest BCUT2D eigenvalue weighted by Gasteiger charge is -2.62. The average molecular weight is 511 g/mol. The highest BCUT2D eigenvalue weighted by Gasteiger charge is 2.72. The first-order valence-corrected chi connectivity index (χ1v) is 13.6. The number of benzene rings is 3. The highest BCUT2D eigenvalue weighted by molar-refractivity contribution is 5.87. The van der Waals surface area contributed by atoms with Gasteiger partial charge in [0.15, 0.2) is 6.10 Å². The molecule has 4 atom stereocenters. The quantitative estimate of drug-likeness (QED) is 0.358. The van der Waals surface area contributed by atoms with E-state index in [1.54, 1.807) is 0 Å². The number of nitrogens with one attached hydrogen (secondary N) is 1. The van der Waals surface area contributed by atoms with Gasteiger partial charge in [-0.1, -0.05) is 60.7 Å². The van der Waals surface area contributed by atoms with E-state index in [4.69, 9.17) is 4.74 Å². The number of fused-ring (bicyclic) bond motifs is 4. The van der Waals surface area contributed by atoms with Crippen molar-refractivity contribution in [1.82, 2.24) is 9.88 Å². The van der Waals surface area contributed by atoms with Crippen molar-refractivity contribution in [3.63, 3.8) is 0 Å². The number of aliphatic hydroxyl groups is 1. The van der Waals surface area contributed by atoms with E-state index < -0.39 is 11.0 Å². The van der Waals surface area contributed by atoms with E-state index in [0.29, 0.717) is 6.42 Å². The minimum absolute atomic E-state index is 0. The molecule has 1 aromatic heterocycles. The zero-order chi connectivity index (χ0) is 23.6. The Balaban J connectivity index is 0.00000215. The molecule has 0 radical (unpaired) electrons. The molecule has 5 heteroatoms. The van der Waals surface area contributed by atoms with Gasteiger partial charge in [-0.05, 0) is 60.9 Å². The minimum atomic E-state index is -0.851. The fraction of sp³-hybridized carbons (Fsp3) is 0.375. The molecule has 5 aliphatic rings. The fourth-order valence-corrected chi connectivity index (χ4v) is 8.43. The molecule has 2 fully saturated rings. The third-order valence-electron chi connectivity index (χ3n) is 10.2. The highest BCUT2D eigenvalue weighted by Crippen LogP contribution is 2.69. The second-order valence-corrected chi connectivity index (χ2v) is 11.9. The van der Waals surface area contributed by atoms with Gasteiger partial charge in [-0.2, -0.15) is 0 Å². The Morgan fingerprint density at radius 3 is 2.65 bits per heavy atom.